The van der Waals surface area contributed by atoms with Gasteiger partial charge in [0.2, 0.25) is 0 Å². The van der Waals surface area contributed by atoms with Gasteiger partial charge in [-0.1, -0.05) is 93.7 Å². The lowest BCUT2D eigenvalue weighted by atomic mass is 10.1. The Morgan fingerprint density at radius 3 is 1.07 bits per heavy atom. The third-order valence-corrected chi connectivity index (χ3v) is 5.04. The van der Waals surface area contributed by atoms with Crippen molar-refractivity contribution in [3.63, 3.8) is 0 Å². The zero-order chi connectivity index (χ0) is 21.1. The van der Waals surface area contributed by atoms with Crippen LogP contribution in [-0.2, 0) is 23.7 Å². The first-order valence-electron chi connectivity index (χ1n) is 11.9. The van der Waals surface area contributed by atoms with Crippen LogP contribution < -0.4 is 0 Å². The molecular weight excluding hydrogens is 483 g/mol. The maximum absolute atomic E-state index is 5.62. The average Bonchev–Trinajstić information content (AvgIpc) is 2.74. The van der Waals surface area contributed by atoms with E-state index in [0.29, 0.717) is 52.9 Å². The minimum Gasteiger partial charge on any atom is -0.379 e. The summed E-state index contributed by atoms with van der Waals surface area (Å²) in [6.07, 6.45) is 15.0. The van der Waals surface area contributed by atoms with Crippen molar-refractivity contribution in [1.82, 2.24) is 0 Å². The lowest BCUT2D eigenvalue weighted by Gasteiger charge is -2.08. The van der Waals surface area contributed by atoms with Crippen LogP contribution in [0.4, 0.5) is 0 Å². The minimum atomic E-state index is 0.602. The molecule has 0 saturated heterocycles. The second-order valence-corrected chi connectivity index (χ2v) is 8.37. The van der Waals surface area contributed by atoms with Crippen LogP contribution in [0, 0.1) is 0 Å². The number of hydrogen-bond acceptors (Lipinski definition) is 5. The quantitative estimate of drug-likeness (QED) is 0.0802. The molecule has 0 aliphatic carbocycles. The molecule has 0 heterocycles. The van der Waals surface area contributed by atoms with Gasteiger partial charge in [-0.15, -0.1) is 0 Å². The van der Waals surface area contributed by atoms with Crippen LogP contribution in [0.25, 0.3) is 0 Å². The molecule has 29 heavy (non-hydrogen) atoms. The summed E-state index contributed by atoms with van der Waals surface area (Å²) in [4.78, 5) is 0. The van der Waals surface area contributed by atoms with E-state index in [1.807, 2.05) is 0 Å². The maximum atomic E-state index is 5.62. The molecule has 0 aliphatic heterocycles. The molecule has 0 saturated carbocycles. The molecule has 0 aromatic rings. The highest BCUT2D eigenvalue weighted by Crippen LogP contribution is 2.11. The number of rotatable bonds is 26. The molecule has 5 nitrogen and oxygen atoms in total. The van der Waals surface area contributed by atoms with E-state index in [1.54, 1.807) is 0 Å². The van der Waals surface area contributed by atoms with Crippen LogP contribution in [-0.4, -0.2) is 70.5 Å². The summed E-state index contributed by atoms with van der Waals surface area (Å²) in [5, 5.41) is 0. The van der Waals surface area contributed by atoms with Crippen LogP contribution in [0.15, 0.2) is 0 Å². The third kappa shape index (κ3) is 28.5. The fourth-order valence-electron chi connectivity index (χ4n) is 2.90. The Hall–Kier alpha value is 0.530. The van der Waals surface area contributed by atoms with Crippen LogP contribution in [0.2, 0.25) is 0 Å². The van der Waals surface area contributed by atoms with Crippen molar-refractivity contribution in [2.24, 2.45) is 0 Å². The summed E-state index contributed by atoms with van der Waals surface area (Å²) in [5.74, 6) is 0. The highest BCUT2D eigenvalue weighted by molar-refractivity contribution is 14.1. The molecule has 0 radical (unpaired) electrons. The van der Waals surface area contributed by atoms with E-state index in [0.717, 1.165) is 17.6 Å². The van der Waals surface area contributed by atoms with Gasteiger partial charge in [0.25, 0.3) is 0 Å². The lowest BCUT2D eigenvalue weighted by Crippen LogP contribution is -2.13. The van der Waals surface area contributed by atoms with Crippen LogP contribution in [0.3, 0.4) is 0 Å². The van der Waals surface area contributed by atoms with Gasteiger partial charge < -0.3 is 23.7 Å². The summed E-state index contributed by atoms with van der Waals surface area (Å²) in [7, 11) is 0. The zero-order valence-corrected chi connectivity index (χ0v) is 21.1. The summed E-state index contributed by atoms with van der Waals surface area (Å²) < 4.78 is 28.3. The Balaban J connectivity index is 2.97. The normalized spacial score (nSPS) is 11.4. The van der Waals surface area contributed by atoms with E-state index >= 15 is 0 Å². The zero-order valence-electron chi connectivity index (χ0n) is 19.0. The topological polar surface area (TPSA) is 46.2 Å². The van der Waals surface area contributed by atoms with Gasteiger partial charge in [0.1, 0.15) is 0 Å². The lowest BCUT2D eigenvalue weighted by molar-refractivity contribution is -0.0102. The first-order chi connectivity index (χ1) is 14.4. The molecule has 0 bridgehead atoms. The van der Waals surface area contributed by atoms with E-state index in [9.17, 15) is 0 Å². The van der Waals surface area contributed by atoms with Crippen LogP contribution in [0.5, 0.6) is 0 Å². The van der Waals surface area contributed by atoms with Gasteiger partial charge in [-0.25, -0.2) is 0 Å². The van der Waals surface area contributed by atoms with Crippen molar-refractivity contribution in [3.8, 4) is 0 Å². The van der Waals surface area contributed by atoms with Gasteiger partial charge in [0.15, 0.2) is 0 Å². The SMILES string of the molecule is CCCCCCCCCCCCCOCCOCCOCCOCCOCCI. The monoisotopic (exact) mass is 530 g/mol. The second kappa shape index (κ2) is 28.5. The molecule has 6 heteroatoms. The number of ether oxygens (including phenoxy) is 5. The summed E-state index contributed by atoms with van der Waals surface area (Å²) in [5.41, 5.74) is 0. The van der Waals surface area contributed by atoms with Crippen molar-refractivity contribution in [2.45, 2.75) is 77.6 Å². The summed E-state index contributed by atoms with van der Waals surface area (Å²) >= 11 is 2.29. The Morgan fingerprint density at radius 1 is 0.379 bits per heavy atom. The Bertz CT molecular complexity index is 256. The van der Waals surface area contributed by atoms with Gasteiger partial charge in [0, 0.05) is 11.0 Å². The van der Waals surface area contributed by atoms with Gasteiger partial charge in [-0.3, -0.25) is 0 Å². The number of unbranched alkanes of at least 4 members (excludes halogenated alkanes) is 10. The number of hydrogen-bond donors (Lipinski definition) is 0. The molecule has 0 spiro atoms. The molecule has 176 valence electrons. The fourth-order valence-corrected chi connectivity index (χ4v) is 3.22. The van der Waals surface area contributed by atoms with Crippen LogP contribution >= 0.6 is 22.6 Å². The Labute approximate surface area is 194 Å². The van der Waals surface area contributed by atoms with Crippen molar-refractivity contribution < 1.29 is 23.7 Å². The minimum absolute atomic E-state index is 0.602. The number of halogens is 1. The first kappa shape index (κ1) is 29.5. The average molecular weight is 531 g/mol. The maximum Gasteiger partial charge on any atom is 0.0701 e. The Morgan fingerprint density at radius 2 is 0.690 bits per heavy atom. The van der Waals surface area contributed by atoms with Crippen LogP contribution in [0.1, 0.15) is 77.6 Å². The fraction of sp³-hybridized carbons (Fsp3) is 1.00. The third-order valence-electron chi connectivity index (χ3n) is 4.60. The molecular formula is C23H47IO5. The smallest absolute Gasteiger partial charge is 0.0701 e. The van der Waals surface area contributed by atoms with Gasteiger partial charge in [0.05, 0.1) is 59.5 Å². The molecule has 0 atom stereocenters. The highest BCUT2D eigenvalue weighted by atomic mass is 127. The van der Waals surface area contributed by atoms with E-state index in [2.05, 4.69) is 29.5 Å². The predicted molar refractivity (Wildman–Crippen MR) is 129 cm³/mol. The Kier molecular flexibility index (Phi) is 29.1. The van der Waals surface area contributed by atoms with E-state index in [1.165, 1.54) is 70.6 Å². The van der Waals surface area contributed by atoms with Gasteiger partial charge in [-0.2, -0.15) is 0 Å². The standard InChI is InChI=1S/C23H47IO5/c1-2-3-4-5-6-7-8-9-10-11-12-14-25-16-18-27-20-22-29-23-21-28-19-17-26-15-13-24/h2-23H2,1H3. The van der Waals surface area contributed by atoms with Gasteiger partial charge in [-0.05, 0) is 6.42 Å². The molecule has 0 aromatic heterocycles. The van der Waals surface area contributed by atoms with E-state index in [-0.39, 0.29) is 0 Å². The first-order valence-corrected chi connectivity index (χ1v) is 13.4. The highest BCUT2D eigenvalue weighted by Gasteiger charge is 1.95. The van der Waals surface area contributed by atoms with Crippen molar-refractivity contribution in [1.29, 1.82) is 0 Å². The van der Waals surface area contributed by atoms with E-state index < -0.39 is 0 Å². The molecule has 0 rings (SSSR count). The second-order valence-electron chi connectivity index (χ2n) is 7.29. The molecule has 0 aromatic carbocycles. The van der Waals surface area contributed by atoms with Gasteiger partial charge >= 0.3 is 0 Å². The largest absolute Gasteiger partial charge is 0.379 e. The van der Waals surface area contributed by atoms with Crippen molar-refractivity contribution in [3.05, 3.63) is 0 Å². The summed E-state index contributed by atoms with van der Waals surface area (Å²) in [6, 6.07) is 0. The van der Waals surface area contributed by atoms with Crippen molar-refractivity contribution in [2.75, 3.05) is 70.5 Å². The molecule has 0 fully saturated rings. The molecule has 0 unspecified atom stereocenters. The molecule has 0 N–H and O–H groups in total. The van der Waals surface area contributed by atoms with Crippen molar-refractivity contribution >= 4 is 22.6 Å². The molecule has 0 aliphatic rings. The number of alkyl halides is 1. The predicted octanol–water partition coefficient (Wildman–Crippen LogP) is 5.82. The van der Waals surface area contributed by atoms with E-state index in [4.69, 9.17) is 23.7 Å². The summed E-state index contributed by atoms with van der Waals surface area (Å²) in [6.45, 7) is 8.96. The molecule has 0 amide bonds.